The van der Waals surface area contributed by atoms with Crippen LogP contribution in [-0.4, -0.2) is 30.3 Å². The summed E-state index contributed by atoms with van der Waals surface area (Å²) in [4.78, 5) is 8.51. The molecule has 6 heteroatoms. The smallest absolute Gasteiger partial charge is 0.226 e. The molecule has 0 unspecified atom stereocenters. The van der Waals surface area contributed by atoms with E-state index in [1.54, 1.807) is 26.5 Å². The Morgan fingerprint density at radius 2 is 1.88 bits per heavy atom. The van der Waals surface area contributed by atoms with Crippen LogP contribution in [0.2, 0.25) is 0 Å². The first-order valence-corrected chi connectivity index (χ1v) is 8.67. The number of methoxy groups -OCH3 is 2. The molecule has 1 heterocycles. The van der Waals surface area contributed by atoms with Crippen LogP contribution >= 0.6 is 0 Å². The first-order chi connectivity index (χ1) is 12.2. The zero-order valence-corrected chi connectivity index (χ0v) is 15.0. The van der Waals surface area contributed by atoms with Gasteiger partial charge in [-0.2, -0.15) is 4.98 Å². The summed E-state index contributed by atoms with van der Waals surface area (Å²) in [6, 6.07) is 7.76. The van der Waals surface area contributed by atoms with Crippen LogP contribution in [0.5, 0.6) is 17.4 Å². The molecule has 0 spiro atoms. The molecule has 2 aromatic rings. The minimum atomic E-state index is 0.0153. The molecule has 25 heavy (non-hydrogen) atoms. The molecule has 0 amide bonds. The van der Waals surface area contributed by atoms with E-state index in [1.807, 2.05) is 18.2 Å². The Labute approximate surface area is 148 Å². The number of ether oxygens (including phenoxy) is 3. The van der Waals surface area contributed by atoms with Gasteiger partial charge in [-0.25, -0.2) is 4.98 Å². The van der Waals surface area contributed by atoms with Crippen molar-refractivity contribution in [2.45, 2.75) is 44.8 Å². The van der Waals surface area contributed by atoms with Crippen molar-refractivity contribution in [1.82, 2.24) is 9.97 Å². The molecule has 1 aromatic heterocycles. The second-order valence-corrected chi connectivity index (χ2v) is 6.22. The number of benzene rings is 1. The minimum Gasteiger partial charge on any atom is -0.493 e. The quantitative estimate of drug-likeness (QED) is 0.820. The molecular formula is C19H25N3O3. The number of nitrogens with one attached hydrogen (secondary N) is 1. The van der Waals surface area contributed by atoms with E-state index in [0.29, 0.717) is 17.9 Å². The predicted octanol–water partition coefficient (Wildman–Crippen LogP) is 3.99. The van der Waals surface area contributed by atoms with E-state index < -0.39 is 0 Å². The summed E-state index contributed by atoms with van der Waals surface area (Å²) in [6.07, 6.45) is 6.70. The zero-order valence-electron chi connectivity index (χ0n) is 15.0. The maximum Gasteiger partial charge on any atom is 0.226 e. The minimum absolute atomic E-state index is 0.0153. The van der Waals surface area contributed by atoms with Gasteiger partial charge >= 0.3 is 0 Å². The number of nitrogens with zero attached hydrogens (tertiary/aromatic N) is 2. The van der Waals surface area contributed by atoms with Gasteiger partial charge < -0.3 is 19.5 Å². The lowest BCUT2D eigenvalue weighted by Crippen LogP contribution is -2.13. The predicted molar refractivity (Wildman–Crippen MR) is 96.5 cm³/mol. The Morgan fingerprint density at radius 1 is 1.08 bits per heavy atom. The molecular weight excluding hydrogens is 318 g/mol. The van der Waals surface area contributed by atoms with E-state index >= 15 is 0 Å². The summed E-state index contributed by atoms with van der Waals surface area (Å²) in [6.45, 7) is 2.05. The van der Waals surface area contributed by atoms with Crippen LogP contribution < -0.4 is 19.5 Å². The van der Waals surface area contributed by atoms with Crippen molar-refractivity contribution >= 4 is 5.95 Å². The van der Waals surface area contributed by atoms with Crippen molar-refractivity contribution in [3.05, 3.63) is 36.0 Å². The van der Waals surface area contributed by atoms with Crippen LogP contribution in [0.1, 0.15) is 44.2 Å². The number of anilines is 1. The van der Waals surface area contributed by atoms with Crippen LogP contribution in [0.15, 0.2) is 30.5 Å². The van der Waals surface area contributed by atoms with E-state index in [9.17, 15) is 0 Å². The zero-order chi connectivity index (χ0) is 17.6. The molecule has 1 aliphatic carbocycles. The van der Waals surface area contributed by atoms with Gasteiger partial charge in [-0.3, -0.25) is 0 Å². The van der Waals surface area contributed by atoms with Gasteiger partial charge in [-0.05, 0) is 50.3 Å². The average molecular weight is 343 g/mol. The average Bonchev–Trinajstić information content (AvgIpc) is 3.15. The molecule has 3 rings (SSSR count). The summed E-state index contributed by atoms with van der Waals surface area (Å²) in [5, 5.41) is 3.28. The summed E-state index contributed by atoms with van der Waals surface area (Å²) < 4.78 is 16.8. The van der Waals surface area contributed by atoms with E-state index in [4.69, 9.17) is 14.2 Å². The molecule has 1 aliphatic rings. The summed E-state index contributed by atoms with van der Waals surface area (Å²) >= 11 is 0. The SMILES string of the molecule is COc1ccnc(N[C@@H](C)c2ccc(OC3CCCC3)c(OC)c2)n1. The molecule has 6 nitrogen and oxygen atoms in total. The van der Waals surface area contributed by atoms with Crippen molar-refractivity contribution in [3.63, 3.8) is 0 Å². The molecule has 0 bridgehead atoms. The monoisotopic (exact) mass is 343 g/mol. The van der Waals surface area contributed by atoms with E-state index in [2.05, 4.69) is 22.2 Å². The summed E-state index contributed by atoms with van der Waals surface area (Å²) in [5.74, 6) is 2.62. The number of aromatic nitrogens is 2. The Morgan fingerprint density at radius 3 is 2.60 bits per heavy atom. The van der Waals surface area contributed by atoms with Crippen LogP contribution in [0.25, 0.3) is 0 Å². The van der Waals surface area contributed by atoms with Gasteiger partial charge in [-0.1, -0.05) is 6.07 Å². The third-order valence-electron chi connectivity index (χ3n) is 4.47. The highest BCUT2D eigenvalue weighted by molar-refractivity contribution is 5.45. The fraction of sp³-hybridized carbons (Fsp3) is 0.474. The van der Waals surface area contributed by atoms with Crippen LogP contribution in [0.4, 0.5) is 5.95 Å². The Kier molecular flexibility index (Phi) is 5.58. The Bertz CT molecular complexity index is 702. The normalized spacial score (nSPS) is 15.6. The highest BCUT2D eigenvalue weighted by Crippen LogP contribution is 2.34. The lowest BCUT2D eigenvalue weighted by Gasteiger charge is -2.19. The largest absolute Gasteiger partial charge is 0.493 e. The van der Waals surface area contributed by atoms with E-state index in [-0.39, 0.29) is 6.04 Å². The van der Waals surface area contributed by atoms with E-state index in [1.165, 1.54) is 12.8 Å². The third-order valence-corrected chi connectivity index (χ3v) is 4.47. The summed E-state index contributed by atoms with van der Waals surface area (Å²) in [5.41, 5.74) is 1.07. The molecule has 1 fully saturated rings. The Hall–Kier alpha value is -2.50. The van der Waals surface area contributed by atoms with Gasteiger partial charge in [-0.15, -0.1) is 0 Å². The van der Waals surface area contributed by atoms with Crippen molar-refractivity contribution in [1.29, 1.82) is 0 Å². The number of rotatable bonds is 7. The van der Waals surface area contributed by atoms with Crippen molar-refractivity contribution in [2.75, 3.05) is 19.5 Å². The molecule has 0 radical (unpaired) electrons. The van der Waals surface area contributed by atoms with Crippen molar-refractivity contribution in [3.8, 4) is 17.4 Å². The van der Waals surface area contributed by atoms with Gasteiger partial charge in [0, 0.05) is 12.3 Å². The lowest BCUT2D eigenvalue weighted by atomic mass is 10.1. The van der Waals surface area contributed by atoms with Gasteiger partial charge in [0.15, 0.2) is 11.5 Å². The molecule has 1 atom stereocenters. The molecule has 1 saturated carbocycles. The van der Waals surface area contributed by atoms with Gasteiger partial charge in [0.25, 0.3) is 0 Å². The Balaban J connectivity index is 1.72. The first-order valence-electron chi connectivity index (χ1n) is 8.67. The maximum absolute atomic E-state index is 6.09. The molecule has 1 aromatic carbocycles. The fourth-order valence-electron chi connectivity index (χ4n) is 3.04. The first kappa shape index (κ1) is 17.3. The maximum atomic E-state index is 6.09. The van der Waals surface area contributed by atoms with Gasteiger partial charge in [0.05, 0.1) is 26.4 Å². The van der Waals surface area contributed by atoms with Crippen LogP contribution in [0, 0.1) is 0 Å². The van der Waals surface area contributed by atoms with Gasteiger partial charge in [0.2, 0.25) is 11.8 Å². The third kappa shape index (κ3) is 4.32. The standard InChI is InChI=1S/C19H25N3O3/c1-13(21-19-20-11-10-18(22-19)24-3)14-8-9-16(17(12-14)23-2)25-15-6-4-5-7-15/h8-13,15H,4-7H2,1-3H3,(H,20,21,22)/t13-/m0/s1. The number of hydrogen-bond acceptors (Lipinski definition) is 6. The van der Waals surface area contributed by atoms with Crippen LogP contribution in [0.3, 0.4) is 0 Å². The lowest BCUT2D eigenvalue weighted by molar-refractivity contribution is 0.200. The second kappa shape index (κ2) is 8.05. The van der Waals surface area contributed by atoms with E-state index in [0.717, 1.165) is 29.9 Å². The molecule has 1 N–H and O–H groups in total. The fourth-order valence-corrected chi connectivity index (χ4v) is 3.04. The number of hydrogen-bond donors (Lipinski definition) is 1. The summed E-state index contributed by atoms with van der Waals surface area (Å²) in [7, 11) is 3.26. The molecule has 0 saturated heterocycles. The van der Waals surface area contributed by atoms with Crippen molar-refractivity contribution < 1.29 is 14.2 Å². The second-order valence-electron chi connectivity index (χ2n) is 6.22. The van der Waals surface area contributed by atoms with Crippen molar-refractivity contribution in [2.24, 2.45) is 0 Å². The van der Waals surface area contributed by atoms with Crippen LogP contribution in [-0.2, 0) is 0 Å². The molecule has 134 valence electrons. The van der Waals surface area contributed by atoms with Gasteiger partial charge in [0.1, 0.15) is 0 Å². The molecule has 0 aliphatic heterocycles. The highest BCUT2D eigenvalue weighted by Gasteiger charge is 2.19. The topological polar surface area (TPSA) is 65.5 Å². The highest BCUT2D eigenvalue weighted by atomic mass is 16.5.